The summed E-state index contributed by atoms with van der Waals surface area (Å²) in [6, 6.07) is 9.74. The Balaban J connectivity index is 1.50. The van der Waals surface area contributed by atoms with Crippen molar-refractivity contribution in [2.24, 2.45) is 5.10 Å². The monoisotopic (exact) mass is 423 g/mol. The van der Waals surface area contributed by atoms with Gasteiger partial charge in [0.25, 0.3) is 5.91 Å². The summed E-state index contributed by atoms with van der Waals surface area (Å²) in [7, 11) is 0. The van der Waals surface area contributed by atoms with E-state index in [2.05, 4.69) is 40.7 Å². The molecular formula is C19H21N9O3. The highest BCUT2D eigenvalue weighted by atomic mass is 16.6. The predicted octanol–water partition coefficient (Wildman–Crippen LogP) is 0.494. The number of benzene rings is 1. The van der Waals surface area contributed by atoms with Crippen molar-refractivity contribution >= 4 is 24.0 Å². The van der Waals surface area contributed by atoms with Crippen molar-refractivity contribution in [2.75, 3.05) is 32.0 Å². The van der Waals surface area contributed by atoms with Crippen LogP contribution < -0.4 is 11.2 Å². The molecular weight excluding hydrogens is 402 g/mol. The second kappa shape index (κ2) is 9.73. The summed E-state index contributed by atoms with van der Waals surface area (Å²) in [4.78, 5) is 14.8. The van der Waals surface area contributed by atoms with Gasteiger partial charge in [-0.2, -0.15) is 9.78 Å². The summed E-state index contributed by atoms with van der Waals surface area (Å²) in [6.07, 6.45) is 5.08. The fourth-order valence-electron chi connectivity index (χ4n) is 3.01. The molecule has 0 unspecified atom stereocenters. The number of carbonyl (C=O) groups is 1. The topological polar surface area (TPSA) is 150 Å². The number of rotatable bonds is 7. The molecule has 3 N–H and O–H groups in total. The number of allylic oxidation sites excluding steroid dienone is 1. The summed E-state index contributed by atoms with van der Waals surface area (Å²) in [5.41, 5.74) is 9.90. The third-order valence-corrected chi connectivity index (χ3v) is 4.57. The Hall–Kier alpha value is -3.90. The first-order chi connectivity index (χ1) is 15.2. The first-order valence-electron chi connectivity index (χ1n) is 9.60. The normalized spacial score (nSPS) is 15.1. The molecule has 0 saturated carbocycles. The Labute approximate surface area is 177 Å². The van der Waals surface area contributed by atoms with E-state index in [1.54, 1.807) is 6.08 Å². The number of amides is 1. The molecule has 1 fully saturated rings. The second-order valence-electron chi connectivity index (χ2n) is 6.65. The second-order valence-corrected chi connectivity index (χ2v) is 6.65. The lowest BCUT2D eigenvalue weighted by Crippen LogP contribution is -2.37. The number of carbonyl (C=O) groups excluding carboxylic acids is 1. The van der Waals surface area contributed by atoms with Crippen LogP contribution >= 0.6 is 0 Å². The van der Waals surface area contributed by atoms with Crippen molar-refractivity contribution < 1.29 is 14.2 Å². The highest BCUT2D eigenvalue weighted by molar-refractivity contribution is 5.94. The van der Waals surface area contributed by atoms with E-state index in [9.17, 15) is 4.79 Å². The molecule has 3 heterocycles. The van der Waals surface area contributed by atoms with Crippen molar-refractivity contribution in [3.8, 4) is 5.82 Å². The SMILES string of the molecule is Nc1nonc1-n1nnc(C(=O)NN=CC=Cc2ccccc2)c1CN1CCOCC1. The minimum Gasteiger partial charge on any atom is -0.379 e. The zero-order valence-electron chi connectivity index (χ0n) is 16.6. The van der Waals surface area contributed by atoms with Crippen molar-refractivity contribution in [2.45, 2.75) is 6.54 Å². The maximum atomic E-state index is 12.7. The Morgan fingerprint density at radius 2 is 2.03 bits per heavy atom. The lowest BCUT2D eigenvalue weighted by molar-refractivity contribution is 0.0332. The number of anilines is 1. The van der Waals surface area contributed by atoms with Crippen LogP contribution in [0.15, 0.2) is 46.1 Å². The molecule has 12 heteroatoms. The maximum Gasteiger partial charge on any atom is 0.293 e. The fourth-order valence-corrected chi connectivity index (χ4v) is 3.01. The molecule has 160 valence electrons. The summed E-state index contributed by atoms with van der Waals surface area (Å²) >= 11 is 0. The molecule has 3 aromatic rings. The number of morpholine rings is 1. The van der Waals surface area contributed by atoms with Crippen LogP contribution in [0.3, 0.4) is 0 Å². The minimum absolute atomic E-state index is 0.0455. The van der Waals surface area contributed by atoms with Crippen LogP contribution in [0.5, 0.6) is 0 Å². The van der Waals surface area contributed by atoms with E-state index in [0.717, 1.165) is 5.56 Å². The lowest BCUT2D eigenvalue weighted by Gasteiger charge is -2.26. The zero-order valence-corrected chi connectivity index (χ0v) is 16.6. The maximum absolute atomic E-state index is 12.7. The van der Waals surface area contributed by atoms with E-state index in [1.165, 1.54) is 10.9 Å². The minimum atomic E-state index is -0.506. The molecule has 31 heavy (non-hydrogen) atoms. The van der Waals surface area contributed by atoms with Crippen LogP contribution in [-0.2, 0) is 11.3 Å². The third-order valence-electron chi connectivity index (χ3n) is 4.57. The first-order valence-corrected chi connectivity index (χ1v) is 9.60. The molecule has 1 amide bonds. The van der Waals surface area contributed by atoms with Crippen LogP contribution in [0, 0.1) is 0 Å². The van der Waals surface area contributed by atoms with Gasteiger partial charge < -0.3 is 10.5 Å². The Bertz CT molecular complexity index is 1070. The number of hydrazone groups is 1. The van der Waals surface area contributed by atoms with E-state index in [0.29, 0.717) is 38.5 Å². The van der Waals surface area contributed by atoms with Gasteiger partial charge in [-0.15, -0.1) is 5.10 Å². The molecule has 2 aromatic heterocycles. The van der Waals surface area contributed by atoms with Crippen molar-refractivity contribution in [3.05, 3.63) is 53.4 Å². The van der Waals surface area contributed by atoms with Gasteiger partial charge >= 0.3 is 0 Å². The van der Waals surface area contributed by atoms with Crippen LogP contribution in [0.4, 0.5) is 5.82 Å². The molecule has 0 atom stereocenters. The van der Waals surface area contributed by atoms with Gasteiger partial charge in [0, 0.05) is 25.8 Å². The molecule has 1 aromatic carbocycles. The number of hydrogen-bond acceptors (Lipinski definition) is 10. The molecule has 0 aliphatic carbocycles. The van der Waals surface area contributed by atoms with Crippen LogP contribution in [0.25, 0.3) is 11.9 Å². The van der Waals surface area contributed by atoms with Crippen molar-refractivity contribution in [1.29, 1.82) is 0 Å². The summed E-state index contributed by atoms with van der Waals surface area (Å²) in [6.45, 7) is 3.02. The van der Waals surface area contributed by atoms with Gasteiger partial charge in [0.15, 0.2) is 5.69 Å². The summed E-state index contributed by atoms with van der Waals surface area (Å²) in [5.74, 6) is -0.290. The van der Waals surface area contributed by atoms with E-state index in [1.807, 2.05) is 36.4 Å². The molecule has 4 rings (SSSR count). The number of ether oxygens (including phenoxy) is 1. The number of nitrogens with two attached hydrogens (primary N) is 1. The van der Waals surface area contributed by atoms with Crippen LogP contribution in [0.2, 0.25) is 0 Å². The van der Waals surface area contributed by atoms with Crippen LogP contribution in [0.1, 0.15) is 21.7 Å². The van der Waals surface area contributed by atoms with Gasteiger partial charge in [0.2, 0.25) is 11.6 Å². The van der Waals surface area contributed by atoms with Gasteiger partial charge in [-0.25, -0.2) is 10.1 Å². The Kier molecular flexibility index (Phi) is 6.40. The molecule has 0 spiro atoms. The average Bonchev–Trinajstić information content (AvgIpc) is 3.40. The van der Waals surface area contributed by atoms with E-state index in [4.69, 9.17) is 10.5 Å². The Morgan fingerprint density at radius 3 is 2.77 bits per heavy atom. The standard InChI is InChI=1S/C19H21N9O3/c20-17-18(25-31-24-17)28-15(13-27-9-11-30-12-10-27)16(22-26-28)19(29)23-21-8-4-7-14-5-2-1-3-6-14/h1-8H,9-13H2,(H2,20,24)(H,23,29). The molecule has 0 radical (unpaired) electrons. The molecule has 1 aliphatic rings. The number of hydrogen-bond donors (Lipinski definition) is 2. The van der Waals surface area contributed by atoms with E-state index >= 15 is 0 Å². The van der Waals surface area contributed by atoms with Gasteiger partial charge in [-0.05, 0) is 22.0 Å². The average molecular weight is 423 g/mol. The smallest absolute Gasteiger partial charge is 0.293 e. The molecule has 1 aliphatic heterocycles. The Morgan fingerprint density at radius 1 is 1.23 bits per heavy atom. The predicted molar refractivity (Wildman–Crippen MR) is 111 cm³/mol. The number of aromatic nitrogens is 5. The molecule has 12 nitrogen and oxygen atoms in total. The molecule has 1 saturated heterocycles. The van der Waals surface area contributed by atoms with Gasteiger partial charge in [-0.3, -0.25) is 9.69 Å². The largest absolute Gasteiger partial charge is 0.379 e. The quantitative estimate of drug-likeness (QED) is 0.409. The van der Waals surface area contributed by atoms with E-state index in [-0.39, 0.29) is 17.3 Å². The molecule has 0 bridgehead atoms. The fraction of sp³-hybridized carbons (Fsp3) is 0.263. The van der Waals surface area contributed by atoms with Gasteiger partial charge in [0.05, 0.1) is 18.9 Å². The van der Waals surface area contributed by atoms with Crippen LogP contribution in [-0.4, -0.2) is 68.6 Å². The first kappa shape index (κ1) is 20.4. The summed E-state index contributed by atoms with van der Waals surface area (Å²) < 4.78 is 11.4. The van der Waals surface area contributed by atoms with Gasteiger partial charge in [0.1, 0.15) is 0 Å². The van der Waals surface area contributed by atoms with Gasteiger partial charge in [-0.1, -0.05) is 41.6 Å². The lowest BCUT2D eigenvalue weighted by atomic mass is 10.2. The zero-order chi connectivity index (χ0) is 21.5. The highest BCUT2D eigenvalue weighted by Crippen LogP contribution is 2.18. The number of nitrogens with one attached hydrogen (secondary N) is 1. The van der Waals surface area contributed by atoms with Crippen molar-refractivity contribution in [1.82, 2.24) is 35.6 Å². The highest BCUT2D eigenvalue weighted by Gasteiger charge is 2.26. The van der Waals surface area contributed by atoms with Crippen molar-refractivity contribution in [3.63, 3.8) is 0 Å². The van der Waals surface area contributed by atoms with E-state index < -0.39 is 5.91 Å². The summed E-state index contributed by atoms with van der Waals surface area (Å²) in [5, 5.41) is 19.3. The third kappa shape index (κ3) is 4.99. The number of nitrogen functional groups attached to an aromatic ring is 1. The number of nitrogens with zero attached hydrogens (tertiary/aromatic N) is 7.